The van der Waals surface area contributed by atoms with Crippen LogP contribution < -0.4 is 10.6 Å². The molecule has 2 aliphatic heterocycles. The molecular weight excluding hydrogens is 347 g/mol. The first-order valence-electron chi connectivity index (χ1n) is 7.98. The van der Waals surface area contributed by atoms with E-state index in [2.05, 4.69) is 10.6 Å². The summed E-state index contributed by atoms with van der Waals surface area (Å²) in [5.41, 5.74) is 0.681. The van der Waals surface area contributed by atoms with Crippen molar-refractivity contribution < 1.29 is 19.1 Å². The summed E-state index contributed by atoms with van der Waals surface area (Å²) >= 11 is 1.41. The lowest BCUT2D eigenvalue weighted by Gasteiger charge is -2.50. The van der Waals surface area contributed by atoms with Crippen LogP contribution in [0.15, 0.2) is 24.3 Å². The maximum Gasteiger partial charge on any atom is 0.327 e. The first-order chi connectivity index (χ1) is 11.9. The van der Waals surface area contributed by atoms with Crippen molar-refractivity contribution in [2.24, 2.45) is 5.92 Å². The van der Waals surface area contributed by atoms with Gasteiger partial charge in [0.05, 0.1) is 30.2 Å². The molecule has 2 saturated heterocycles. The summed E-state index contributed by atoms with van der Waals surface area (Å²) in [6.45, 7) is -0.0168. The van der Waals surface area contributed by atoms with Crippen molar-refractivity contribution in [2.75, 3.05) is 26.5 Å². The summed E-state index contributed by atoms with van der Waals surface area (Å²) < 4.78 is 13.6. The molecule has 0 radical (unpaired) electrons. The molecule has 9 heteroatoms. The second-order valence-electron chi connectivity index (χ2n) is 6.10. The van der Waals surface area contributed by atoms with Crippen LogP contribution in [-0.2, 0) is 4.79 Å². The Balaban J connectivity index is 1.92. The van der Waals surface area contributed by atoms with Crippen molar-refractivity contribution in [3.63, 3.8) is 0 Å². The van der Waals surface area contributed by atoms with Crippen molar-refractivity contribution in [3.8, 4) is 0 Å². The number of hydrogen-bond acceptors (Lipinski definition) is 6. The quantitative estimate of drug-likeness (QED) is 0.719. The highest BCUT2D eigenvalue weighted by atomic mass is 32.2. The molecule has 0 bridgehead atoms. The third kappa shape index (κ3) is 3.37. The smallest absolute Gasteiger partial charge is 0.327 e. The van der Waals surface area contributed by atoms with E-state index in [9.17, 15) is 14.0 Å². The molecule has 7 nitrogen and oxygen atoms in total. The van der Waals surface area contributed by atoms with Gasteiger partial charge in [0.2, 0.25) is 5.91 Å². The lowest BCUT2D eigenvalue weighted by Crippen LogP contribution is -2.72. The predicted molar refractivity (Wildman–Crippen MR) is 92.0 cm³/mol. The Bertz CT molecular complexity index is 677. The Morgan fingerprint density at radius 3 is 2.72 bits per heavy atom. The molecule has 2 fully saturated rings. The van der Waals surface area contributed by atoms with E-state index in [0.717, 1.165) is 4.90 Å². The van der Waals surface area contributed by atoms with Gasteiger partial charge >= 0.3 is 6.03 Å². The number of urea groups is 1. The van der Waals surface area contributed by atoms with Gasteiger partial charge in [-0.05, 0) is 17.7 Å². The number of nitrogens with one attached hydrogen (secondary N) is 2. The SMILES string of the molecule is CN1C(=O)C2C(SCCO)NC(c3cccc(F)c3)NC2N(C)C1=O. The first-order valence-corrected chi connectivity index (χ1v) is 9.03. The summed E-state index contributed by atoms with van der Waals surface area (Å²) in [5.74, 6) is -0.687. The Kier molecular flexibility index (Phi) is 5.28. The molecule has 4 unspecified atom stereocenters. The number of imide groups is 1. The van der Waals surface area contributed by atoms with E-state index < -0.39 is 18.2 Å². The molecule has 1 aromatic rings. The predicted octanol–water partition coefficient (Wildman–Crippen LogP) is 0.535. The maximum atomic E-state index is 13.6. The van der Waals surface area contributed by atoms with Gasteiger partial charge < -0.3 is 10.0 Å². The number of fused-ring (bicyclic) bond motifs is 1. The number of benzene rings is 1. The topological polar surface area (TPSA) is 84.9 Å². The molecule has 2 heterocycles. The molecule has 136 valence electrons. The van der Waals surface area contributed by atoms with E-state index in [-0.39, 0.29) is 29.7 Å². The number of aliphatic hydroxyl groups is 1. The molecule has 2 aliphatic rings. The number of aliphatic hydroxyl groups excluding tert-OH is 1. The third-order valence-corrected chi connectivity index (χ3v) is 5.73. The fraction of sp³-hybridized carbons (Fsp3) is 0.500. The molecular formula is C16H21FN4O3S. The van der Waals surface area contributed by atoms with Gasteiger partial charge in [0, 0.05) is 19.8 Å². The molecule has 0 saturated carbocycles. The first kappa shape index (κ1) is 18.1. The molecule has 1 aromatic carbocycles. The highest BCUT2D eigenvalue weighted by molar-refractivity contribution is 7.99. The van der Waals surface area contributed by atoms with Gasteiger partial charge in [0.1, 0.15) is 5.82 Å². The molecule has 3 N–H and O–H groups in total. The average Bonchev–Trinajstić information content (AvgIpc) is 2.62. The van der Waals surface area contributed by atoms with Gasteiger partial charge in [-0.1, -0.05) is 12.1 Å². The number of nitrogens with zero attached hydrogens (tertiary/aromatic N) is 2. The van der Waals surface area contributed by atoms with Crippen molar-refractivity contribution in [1.29, 1.82) is 0 Å². The monoisotopic (exact) mass is 368 g/mol. The van der Waals surface area contributed by atoms with E-state index in [0.29, 0.717) is 11.3 Å². The molecule has 3 rings (SSSR count). The summed E-state index contributed by atoms with van der Waals surface area (Å²) in [7, 11) is 3.10. The van der Waals surface area contributed by atoms with Crippen molar-refractivity contribution in [3.05, 3.63) is 35.6 Å². The number of hydrogen-bond donors (Lipinski definition) is 3. The van der Waals surface area contributed by atoms with Gasteiger partial charge in [-0.15, -0.1) is 11.8 Å². The Labute approximate surface area is 149 Å². The Morgan fingerprint density at radius 2 is 2.04 bits per heavy atom. The maximum absolute atomic E-state index is 13.6. The van der Waals surface area contributed by atoms with Crippen LogP contribution in [0, 0.1) is 11.7 Å². The van der Waals surface area contributed by atoms with E-state index >= 15 is 0 Å². The standard InChI is InChI=1S/C16H21FN4O3S/c1-20-13-11(15(23)21(2)16(20)24)14(25-7-6-22)19-12(18-13)9-4-3-5-10(17)8-9/h3-5,8,11-14,18-19,22H,6-7H2,1-2H3. The normalized spacial score (nSPS) is 29.8. The lowest BCUT2D eigenvalue weighted by atomic mass is 9.96. The van der Waals surface area contributed by atoms with Crippen LogP contribution in [0.3, 0.4) is 0 Å². The van der Waals surface area contributed by atoms with Crippen LogP contribution in [0.4, 0.5) is 9.18 Å². The molecule has 0 spiro atoms. The number of carbonyl (C=O) groups is 2. The second-order valence-corrected chi connectivity index (χ2v) is 7.35. The molecule has 3 amide bonds. The molecule has 4 atom stereocenters. The van der Waals surface area contributed by atoms with Crippen molar-refractivity contribution >= 4 is 23.7 Å². The molecule has 0 aliphatic carbocycles. The van der Waals surface area contributed by atoms with Crippen LogP contribution in [0.1, 0.15) is 11.7 Å². The number of rotatable bonds is 4. The zero-order chi connectivity index (χ0) is 18.1. The van der Waals surface area contributed by atoms with Crippen LogP contribution >= 0.6 is 11.8 Å². The number of halogens is 1. The summed E-state index contributed by atoms with van der Waals surface area (Å²) in [6.07, 6.45) is -0.929. The average molecular weight is 368 g/mol. The third-order valence-electron chi connectivity index (χ3n) is 4.53. The minimum Gasteiger partial charge on any atom is -0.396 e. The van der Waals surface area contributed by atoms with Crippen LogP contribution in [0.2, 0.25) is 0 Å². The van der Waals surface area contributed by atoms with Gasteiger partial charge in [0.15, 0.2) is 0 Å². The molecule has 0 aromatic heterocycles. The van der Waals surface area contributed by atoms with E-state index in [1.165, 1.54) is 35.8 Å². The minimum absolute atomic E-state index is 0.0168. The van der Waals surface area contributed by atoms with E-state index in [4.69, 9.17) is 5.11 Å². The fourth-order valence-corrected chi connectivity index (χ4v) is 4.32. The van der Waals surface area contributed by atoms with Crippen LogP contribution in [0.5, 0.6) is 0 Å². The summed E-state index contributed by atoms with van der Waals surface area (Å²) in [5, 5.41) is 15.4. The highest BCUT2D eigenvalue weighted by Gasteiger charge is 2.50. The van der Waals surface area contributed by atoms with Crippen molar-refractivity contribution in [1.82, 2.24) is 20.4 Å². The van der Waals surface area contributed by atoms with Crippen LogP contribution in [-0.4, -0.2) is 64.8 Å². The largest absolute Gasteiger partial charge is 0.396 e. The number of carbonyl (C=O) groups excluding carboxylic acids is 2. The van der Waals surface area contributed by atoms with Crippen molar-refractivity contribution in [2.45, 2.75) is 17.7 Å². The van der Waals surface area contributed by atoms with E-state index in [1.54, 1.807) is 19.2 Å². The minimum atomic E-state index is -0.512. The summed E-state index contributed by atoms with van der Waals surface area (Å²) in [4.78, 5) is 27.5. The van der Waals surface area contributed by atoms with Gasteiger partial charge in [-0.2, -0.15) is 0 Å². The van der Waals surface area contributed by atoms with E-state index in [1.807, 2.05) is 0 Å². The molecule has 25 heavy (non-hydrogen) atoms. The number of thioether (sulfide) groups is 1. The zero-order valence-electron chi connectivity index (χ0n) is 14.0. The Morgan fingerprint density at radius 1 is 1.28 bits per heavy atom. The van der Waals surface area contributed by atoms with Gasteiger partial charge in [-0.3, -0.25) is 20.3 Å². The van der Waals surface area contributed by atoms with Crippen LogP contribution in [0.25, 0.3) is 0 Å². The Hall–Kier alpha value is -1.68. The van der Waals surface area contributed by atoms with Gasteiger partial charge in [-0.25, -0.2) is 9.18 Å². The number of amides is 3. The zero-order valence-corrected chi connectivity index (χ0v) is 14.8. The van der Waals surface area contributed by atoms with Gasteiger partial charge in [0.25, 0.3) is 0 Å². The lowest BCUT2D eigenvalue weighted by molar-refractivity contribution is -0.140. The summed E-state index contributed by atoms with van der Waals surface area (Å²) in [6, 6.07) is 5.79. The fourth-order valence-electron chi connectivity index (χ4n) is 3.26. The second kappa shape index (κ2) is 7.28. The highest BCUT2D eigenvalue weighted by Crippen LogP contribution is 2.34.